The van der Waals surface area contributed by atoms with Crippen molar-refractivity contribution < 1.29 is 24.5 Å². The summed E-state index contributed by atoms with van der Waals surface area (Å²) >= 11 is 0. The van der Waals surface area contributed by atoms with Crippen LogP contribution in [0.5, 0.6) is 0 Å². The van der Waals surface area contributed by atoms with Crippen molar-refractivity contribution in [2.45, 2.75) is 437 Å². The summed E-state index contributed by atoms with van der Waals surface area (Å²) in [5.74, 6) is -0.00924. The number of aliphatic hydroxyl groups excluding tert-OH is 2. The molecule has 0 aliphatic carbocycles. The summed E-state index contributed by atoms with van der Waals surface area (Å²) < 4.78 is 5.50. The smallest absolute Gasteiger partial charge is 0.305 e. The van der Waals surface area contributed by atoms with Gasteiger partial charge in [0, 0.05) is 12.8 Å². The van der Waals surface area contributed by atoms with E-state index in [9.17, 15) is 19.8 Å². The molecule has 0 rings (SSSR count). The van der Waals surface area contributed by atoms with E-state index in [0.29, 0.717) is 25.9 Å². The van der Waals surface area contributed by atoms with Gasteiger partial charge in [-0.25, -0.2) is 0 Å². The number of allylic oxidation sites excluding steroid dienone is 2. The number of carbonyl (C=O) groups is 2. The number of hydrogen-bond acceptors (Lipinski definition) is 5. The van der Waals surface area contributed by atoms with Crippen LogP contribution in [0.25, 0.3) is 0 Å². The zero-order valence-corrected chi connectivity index (χ0v) is 54.6. The van der Waals surface area contributed by atoms with Gasteiger partial charge < -0.3 is 20.3 Å². The predicted octanol–water partition coefficient (Wildman–Crippen LogP) is 23.9. The fourth-order valence-corrected chi connectivity index (χ4v) is 11.9. The van der Waals surface area contributed by atoms with Gasteiger partial charge in [0.05, 0.1) is 25.4 Å². The van der Waals surface area contributed by atoms with E-state index in [4.69, 9.17) is 4.74 Å². The summed E-state index contributed by atoms with van der Waals surface area (Å²) in [5, 5.41) is 23.4. The Hall–Kier alpha value is -1.40. The van der Waals surface area contributed by atoms with E-state index in [1.807, 2.05) is 0 Å². The van der Waals surface area contributed by atoms with E-state index < -0.39 is 12.1 Å². The van der Waals surface area contributed by atoms with Crippen LogP contribution >= 0.6 is 0 Å². The van der Waals surface area contributed by atoms with Gasteiger partial charge in [0.15, 0.2) is 0 Å². The minimum atomic E-state index is -0.664. The Morgan fingerprint density at radius 2 is 0.588 bits per heavy atom. The maximum Gasteiger partial charge on any atom is 0.305 e. The topological polar surface area (TPSA) is 95.9 Å². The molecule has 0 radical (unpaired) electrons. The van der Waals surface area contributed by atoms with E-state index in [1.165, 1.54) is 353 Å². The highest BCUT2D eigenvalue weighted by Gasteiger charge is 2.20. The van der Waals surface area contributed by atoms with Gasteiger partial charge in [0.25, 0.3) is 0 Å². The van der Waals surface area contributed by atoms with Crippen molar-refractivity contribution in [3.63, 3.8) is 0 Å². The second kappa shape index (κ2) is 70.1. The largest absolute Gasteiger partial charge is 0.466 e. The molecule has 0 fully saturated rings. The first kappa shape index (κ1) is 78.6. The minimum absolute atomic E-state index is 0.0199. The molecular weight excluding hydrogens is 983 g/mol. The summed E-state index contributed by atoms with van der Waals surface area (Å²) in [5.41, 5.74) is 0. The van der Waals surface area contributed by atoms with Crippen LogP contribution in [0.15, 0.2) is 12.2 Å². The Morgan fingerprint density at radius 1 is 0.338 bits per heavy atom. The molecule has 0 bridgehead atoms. The summed E-state index contributed by atoms with van der Waals surface area (Å²) in [6, 6.07) is -0.541. The third-order valence-corrected chi connectivity index (χ3v) is 17.6. The van der Waals surface area contributed by atoms with Crippen LogP contribution in [0.2, 0.25) is 0 Å². The standard InChI is InChI=1S/C74H145NO5/c1-3-5-7-9-11-13-15-17-19-20-21-33-36-39-42-46-50-54-58-62-66-72(77)71(70-76)75-73(78)67-63-59-55-51-47-43-40-37-34-31-29-27-25-23-22-24-26-28-30-32-35-38-41-45-49-53-57-61-65-69-80-74(79)68-64-60-56-52-48-44-18-16-14-12-10-8-6-4-2/h22,24,71-72,76-77H,3-21,23,25-70H2,1-2H3,(H,75,78)/b24-22-. The number of unbranched alkanes of at least 4 members (excludes halogenated alkanes) is 57. The molecule has 6 nitrogen and oxygen atoms in total. The number of ether oxygens (including phenoxy) is 1. The van der Waals surface area contributed by atoms with E-state index >= 15 is 0 Å². The van der Waals surface area contributed by atoms with Crippen LogP contribution in [-0.2, 0) is 14.3 Å². The van der Waals surface area contributed by atoms with E-state index in [-0.39, 0.29) is 18.5 Å². The van der Waals surface area contributed by atoms with Crippen LogP contribution in [0.1, 0.15) is 425 Å². The van der Waals surface area contributed by atoms with Crippen molar-refractivity contribution in [1.82, 2.24) is 5.32 Å². The molecule has 2 atom stereocenters. The van der Waals surface area contributed by atoms with Crippen LogP contribution in [-0.4, -0.2) is 47.4 Å². The first-order valence-electron chi connectivity index (χ1n) is 36.9. The highest BCUT2D eigenvalue weighted by molar-refractivity contribution is 5.76. The highest BCUT2D eigenvalue weighted by atomic mass is 16.5. The fraction of sp³-hybridized carbons (Fsp3) is 0.946. The van der Waals surface area contributed by atoms with Gasteiger partial charge in [0.2, 0.25) is 5.91 Å². The minimum Gasteiger partial charge on any atom is -0.466 e. The number of nitrogens with one attached hydrogen (secondary N) is 1. The lowest BCUT2D eigenvalue weighted by atomic mass is 10.0. The van der Waals surface area contributed by atoms with Gasteiger partial charge in [-0.05, 0) is 51.4 Å². The molecule has 0 heterocycles. The number of amides is 1. The van der Waals surface area contributed by atoms with Gasteiger partial charge in [-0.3, -0.25) is 9.59 Å². The van der Waals surface area contributed by atoms with Crippen LogP contribution in [0, 0.1) is 0 Å². The average molecular weight is 1130 g/mol. The molecule has 0 aromatic heterocycles. The van der Waals surface area contributed by atoms with Crippen LogP contribution in [0.3, 0.4) is 0 Å². The third kappa shape index (κ3) is 65.7. The third-order valence-electron chi connectivity index (χ3n) is 17.6. The van der Waals surface area contributed by atoms with Gasteiger partial charge in [-0.2, -0.15) is 0 Å². The molecule has 0 aromatic rings. The Bertz CT molecular complexity index is 1210. The molecule has 3 N–H and O–H groups in total. The maximum absolute atomic E-state index is 12.5. The van der Waals surface area contributed by atoms with Crippen molar-refractivity contribution in [2.75, 3.05) is 13.2 Å². The van der Waals surface area contributed by atoms with Crippen molar-refractivity contribution in [2.24, 2.45) is 0 Å². The summed E-state index contributed by atoms with van der Waals surface area (Å²) in [4.78, 5) is 24.6. The Morgan fingerprint density at radius 3 is 0.887 bits per heavy atom. The number of esters is 1. The first-order valence-corrected chi connectivity index (χ1v) is 36.9. The van der Waals surface area contributed by atoms with Crippen molar-refractivity contribution >= 4 is 11.9 Å². The van der Waals surface area contributed by atoms with Crippen molar-refractivity contribution in [1.29, 1.82) is 0 Å². The highest BCUT2D eigenvalue weighted by Crippen LogP contribution is 2.19. The fourth-order valence-electron chi connectivity index (χ4n) is 11.9. The number of hydrogen-bond donors (Lipinski definition) is 3. The lowest BCUT2D eigenvalue weighted by molar-refractivity contribution is -0.143. The van der Waals surface area contributed by atoms with E-state index in [2.05, 4.69) is 31.3 Å². The molecule has 0 aromatic carbocycles. The quantitative estimate of drug-likeness (QED) is 0.0320. The van der Waals surface area contributed by atoms with Gasteiger partial charge in [-0.15, -0.1) is 0 Å². The molecule has 0 saturated carbocycles. The maximum atomic E-state index is 12.5. The summed E-state index contributed by atoms with van der Waals surface area (Å²) in [6.45, 7) is 5.00. The lowest BCUT2D eigenvalue weighted by Gasteiger charge is -2.22. The summed E-state index contributed by atoms with van der Waals surface area (Å²) in [7, 11) is 0. The monoisotopic (exact) mass is 1130 g/mol. The first-order chi connectivity index (χ1) is 39.5. The Labute approximate surface area is 501 Å². The molecule has 0 saturated heterocycles. The van der Waals surface area contributed by atoms with Gasteiger partial charge >= 0.3 is 5.97 Å². The molecule has 0 aliphatic heterocycles. The second-order valence-electron chi connectivity index (χ2n) is 25.6. The Kier molecular flexibility index (Phi) is 68.9. The lowest BCUT2D eigenvalue weighted by Crippen LogP contribution is -2.45. The molecule has 2 unspecified atom stereocenters. The van der Waals surface area contributed by atoms with Crippen LogP contribution in [0.4, 0.5) is 0 Å². The van der Waals surface area contributed by atoms with Gasteiger partial charge in [0.1, 0.15) is 0 Å². The normalized spacial score (nSPS) is 12.5. The summed E-state index contributed by atoms with van der Waals surface area (Å²) in [6.07, 6.45) is 87.0. The second-order valence-corrected chi connectivity index (χ2v) is 25.6. The molecular formula is C74H145NO5. The van der Waals surface area contributed by atoms with E-state index in [0.717, 1.165) is 38.5 Å². The average Bonchev–Trinajstić information content (AvgIpc) is 3.46. The molecule has 476 valence electrons. The molecule has 0 spiro atoms. The predicted molar refractivity (Wildman–Crippen MR) is 352 cm³/mol. The molecule has 80 heavy (non-hydrogen) atoms. The number of rotatable bonds is 70. The van der Waals surface area contributed by atoms with Gasteiger partial charge in [-0.1, -0.05) is 373 Å². The SMILES string of the molecule is CCCCCCCCCCCCCCCCCCCCCCC(O)C(CO)NC(=O)CCCCCCCCCCCCCCC/C=C\CCCCCCCCCCCCCCOC(=O)CCCCCCCCCCCCCCCC. The van der Waals surface area contributed by atoms with Crippen molar-refractivity contribution in [3.8, 4) is 0 Å². The van der Waals surface area contributed by atoms with E-state index in [1.54, 1.807) is 0 Å². The Balaban J connectivity index is 3.36. The molecule has 0 aliphatic rings. The molecule has 1 amide bonds. The number of carbonyl (C=O) groups excluding carboxylic acids is 2. The zero-order chi connectivity index (χ0) is 57.8. The zero-order valence-electron chi connectivity index (χ0n) is 54.6. The molecule has 6 heteroatoms. The van der Waals surface area contributed by atoms with Crippen molar-refractivity contribution in [3.05, 3.63) is 12.2 Å². The number of aliphatic hydroxyl groups is 2. The van der Waals surface area contributed by atoms with Crippen LogP contribution < -0.4 is 5.32 Å².